The van der Waals surface area contributed by atoms with E-state index in [1.165, 1.54) is 6.08 Å². The third-order valence-corrected chi connectivity index (χ3v) is 3.10. The number of hydrogen-bond donors (Lipinski definition) is 0. The van der Waals surface area contributed by atoms with Crippen LogP contribution in [0.1, 0.15) is 20.3 Å². The predicted octanol–water partition coefficient (Wildman–Crippen LogP) is 0.969. The smallest absolute Gasteiger partial charge is 0.246 e. The first-order valence-corrected chi connectivity index (χ1v) is 5.66. The van der Waals surface area contributed by atoms with E-state index in [-0.39, 0.29) is 17.1 Å². The van der Waals surface area contributed by atoms with E-state index in [0.717, 1.165) is 6.42 Å². The SMILES string of the molecule is C=CC(=O)N1CC(C)(C)OC2(CCOC2)C1. The maximum atomic E-state index is 11.7. The zero-order chi connectivity index (χ0) is 11.8. The molecule has 0 aromatic heterocycles. The van der Waals surface area contributed by atoms with Gasteiger partial charge in [-0.1, -0.05) is 6.58 Å². The minimum atomic E-state index is -0.315. The third-order valence-electron chi connectivity index (χ3n) is 3.10. The quantitative estimate of drug-likeness (QED) is 0.624. The summed E-state index contributed by atoms with van der Waals surface area (Å²) in [5.74, 6) is -0.0253. The molecule has 0 N–H and O–H groups in total. The van der Waals surface area contributed by atoms with Crippen molar-refractivity contribution in [3.63, 3.8) is 0 Å². The molecule has 2 aliphatic heterocycles. The van der Waals surface area contributed by atoms with Gasteiger partial charge in [0, 0.05) is 19.6 Å². The number of nitrogens with zero attached hydrogens (tertiary/aromatic N) is 1. The topological polar surface area (TPSA) is 38.8 Å². The largest absolute Gasteiger partial charge is 0.378 e. The van der Waals surface area contributed by atoms with E-state index in [2.05, 4.69) is 6.58 Å². The van der Waals surface area contributed by atoms with Crippen LogP contribution in [-0.2, 0) is 14.3 Å². The van der Waals surface area contributed by atoms with Gasteiger partial charge in [-0.2, -0.15) is 0 Å². The Morgan fingerprint density at radius 3 is 2.75 bits per heavy atom. The summed E-state index contributed by atoms with van der Waals surface area (Å²) in [5, 5.41) is 0. The Labute approximate surface area is 96.2 Å². The molecule has 4 heteroatoms. The van der Waals surface area contributed by atoms with E-state index in [0.29, 0.717) is 26.3 Å². The highest BCUT2D eigenvalue weighted by Gasteiger charge is 2.47. The minimum absolute atomic E-state index is 0.0253. The monoisotopic (exact) mass is 225 g/mol. The average Bonchev–Trinajstić information content (AvgIpc) is 2.62. The summed E-state index contributed by atoms with van der Waals surface area (Å²) in [4.78, 5) is 13.5. The molecule has 0 aromatic carbocycles. The van der Waals surface area contributed by atoms with Crippen LogP contribution in [0.25, 0.3) is 0 Å². The molecule has 1 amide bonds. The molecular weight excluding hydrogens is 206 g/mol. The van der Waals surface area contributed by atoms with Crippen molar-refractivity contribution in [3.05, 3.63) is 12.7 Å². The van der Waals surface area contributed by atoms with Crippen molar-refractivity contribution < 1.29 is 14.3 Å². The molecule has 1 spiro atoms. The Bertz CT molecular complexity index is 305. The maximum Gasteiger partial charge on any atom is 0.246 e. The van der Waals surface area contributed by atoms with Crippen molar-refractivity contribution in [1.29, 1.82) is 0 Å². The van der Waals surface area contributed by atoms with Crippen molar-refractivity contribution in [2.24, 2.45) is 0 Å². The maximum absolute atomic E-state index is 11.7. The van der Waals surface area contributed by atoms with Gasteiger partial charge >= 0.3 is 0 Å². The normalized spacial score (nSPS) is 33.0. The van der Waals surface area contributed by atoms with Crippen LogP contribution in [0.2, 0.25) is 0 Å². The number of morpholine rings is 1. The van der Waals surface area contributed by atoms with Gasteiger partial charge in [0.2, 0.25) is 5.91 Å². The van der Waals surface area contributed by atoms with Crippen molar-refractivity contribution in [3.8, 4) is 0 Å². The lowest BCUT2D eigenvalue weighted by atomic mass is 9.95. The number of ether oxygens (including phenoxy) is 2. The summed E-state index contributed by atoms with van der Waals surface area (Å²) < 4.78 is 11.5. The zero-order valence-corrected chi connectivity index (χ0v) is 9.99. The molecule has 2 saturated heterocycles. The van der Waals surface area contributed by atoms with Crippen molar-refractivity contribution in [1.82, 2.24) is 4.90 Å². The fourth-order valence-electron chi connectivity index (χ4n) is 2.59. The fourth-order valence-corrected chi connectivity index (χ4v) is 2.59. The van der Waals surface area contributed by atoms with Gasteiger partial charge in [0.15, 0.2) is 0 Å². The molecule has 90 valence electrons. The summed E-state index contributed by atoms with van der Waals surface area (Å²) >= 11 is 0. The summed E-state index contributed by atoms with van der Waals surface area (Å²) in [6, 6.07) is 0. The van der Waals surface area contributed by atoms with Crippen LogP contribution in [0, 0.1) is 0 Å². The Morgan fingerprint density at radius 1 is 1.44 bits per heavy atom. The van der Waals surface area contributed by atoms with Crippen LogP contribution < -0.4 is 0 Å². The Balaban J connectivity index is 2.18. The Kier molecular flexibility index (Phi) is 2.80. The van der Waals surface area contributed by atoms with Gasteiger partial charge in [-0.25, -0.2) is 0 Å². The molecule has 0 aliphatic carbocycles. The van der Waals surface area contributed by atoms with Crippen molar-refractivity contribution in [2.45, 2.75) is 31.5 Å². The Hall–Kier alpha value is -0.870. The van der Waals surface area contributed by atoms with E-state index in [1.807, 2.05) is 18.7 Å². The van der Waals surface area contributed by atoms with E-state index < -0.39 is 0 Å². The summed E-state index contributed by atoms with van der Waals surface area (Å²) in [6.07, 6.45) is 2.22. The van der Waals surface area contributed by atoms with Crippen LogP contribution in [0.5, 0.6) is 0 Å². The Morgan fingerprint density at radius 2 is 2.19 bits per heavy atom. The van der Waals surface area contributed by atoms with Crippen molar-refractivity contribution in [2.75, 3.05) is 26.3 Å². The number of amides is 1. The summed E-state index contributed by atoms with van der Waals surface area (Å²) in [6.45, 7) is 10.1. The first-order valence-electron chi connectivity index (χ1n) is 5.66. The number of hydrogen-bond acceptors (Lipinski definition) is 3. The van der Waals surface area contributed by atoms with Crippen LogP contribution in [-0.4, -0.2) is 48.3 Å². The molecule has 0 saturated carbocycles. The van der Waals surface area contributed by atoms with Gasteiger partial charge in [-0.15, -0.1) is 0 Å². The zero-order valence-electron chi connectivity index (χ0n) is 9.99. The van der Waals surface area contributed by atoms with E-state index in [1.54, 1.807) is 0 Å². The molecule has 0 radical (unpaired) electrons. The second-order valence-electron chi connectivity index (χ2n) is 5.25. The van der Waals surface area contributed by atoms with Crippen LogP contribution in [0.4, 0.5) is 0 Å². The highest BCUT2D eigenvalue weighted by Crippen LogP contribution is 2.34. The number of carbonyl (C=O) groups excluding carboxylic acids is 1. The van der Waals surface area contributed by atoms with Gasteiger partial charge in [-0.3, -0.25) is 4.79 Å². The van der Waals surface area contributed by atoms with Gasteiger partial charge in [0.1, 0.15) is 5.60 Å². The molecule has 0 aromatic rings. The van der Waals surface area contributed by atoms with Crippen LogP contribution in [0.15, 0.2) is 12.7 Å². The molecule has 2 heterocycles. The van der Waals surface area contributed by atoms with Crippen LogP contribution in [0.3, 0.4) is 0 Å². The molecule has 2 aliphatic rings. The third kappa shape index (κ3) is 2.13. The molecule has 0 bridgehead atoms. The van der Waals surface area contributed by atoms with E-state index in [9.17, 15) is 4.79 Å². The number of rotatable bonds is 1. The van der Waals surface area contributed by atoms with Gasteiger partial charge in [-0.05, 0) is 19.9 Å². The standard InChI is InChI=1S/C12H19NO3/c1-4-10(14)13-7-11(2,3)16-12(8-13)5-6-15-9-12/h4H,1,5-9H2,2-3H3. The lowest BCUT2D eigenvalue weighted by molar-refractivity contribution is -0.197. The van der Waals surface area contributed by atoms with Crippen molar-refractivity contribution >= 4 is 5.91 Å². The molecule has 2 rings (SSSR count). The highest BCUT2D eigenvalue weighted by atomic mass is 16.6. The average molecular weight is 225 g/mol. The van der Waals surface area contributed by atoms with Gasteiger partial charge in [0.25, 0.3) is 0 Å². The van der Waals surface area contributed by atoms with E-state index >= 15 is 0 Å². The minimum Gasteiger partial charge on any atom is -0.378 e. The molecule has 2 fully saturated rings. The molecule has 1 unspecified atom stereocenters. The lowest BCUT2D eigenvalue weighted by Gasteiger charge is -2.47. The second-order valence-corrected chi connectivity index (χ2v) is 5.25. The van der Waals surface area contributed by atoms with Crippen LogP contribution >= 0.6 is 0 Å². The lowest BCUT2D eigenvalue weighted by Crippen LogP contribution is -2.61. The fraction of sp³-hybridized carbons (Fsp3) is 0.750. The summed E-state index contributed by atoms with van der Waals surface area (Å²) in [7, 11) is 0. The molecular formula is C12H19NO3. The highest BCUT2D eigenvalue weighted by molar-refractivity contribution is 5.87. The van der Waals surface area contributed by atoms with E-state index in [4.69, 9.17) is 9.47 Å². The number of carbonyl (C=O) groups is 1. The second kappa shape index (κ2) is 3.86. The molecule has 1 atom stereocenters. The predicted molar refractivity (Wildman–Crippen MR) is 60.1 cm³/mol. The first kappa shape index (κ1) is 11.6. The van der Waals surface area contributed by atoms with Gasteiger partial charge < -0.3 is 14.4 Å². The molecule has 4 nitrogen and oxygen atoms in total. The molecule has 16 heavy (non-hydrogen) atoms. The van der Waals surface area contributed by atoms with Gasteiger partial charge in [0.05, 0.1) is 18.8 Å². The first-order chi connectivity index (χ1) is 7.46. The summed E-state index contributed by atoms with van der Waals surface area (Å²) in [5.41, 5.74) is -0.620.